The molecule has 1 aromatic heterocycles. The summed E-state index contributed by atoms with van der Waals surface area (Å²) in [7, 11) is 0. The number of rotatable bonds is 3. The topological polar surface area (TPSA) is 85.0 Å². The first-order valence-electron chi connectivity index (χ1n) is 4.94. The van der Waals surface area contributed by atoms with Crippen molar-refractivity contribution in [2.24, 2.45) is 0 Å². The molecule has 0 saturated heterocycles. The maximum Gasteiger partial charge on any atom is 0.290 e. The molecule has 0 bridgehead atoms. The monoisotopic (exact) mass is 220 g/mol. The van der Waals surface area contributed by atoms with Gasteiger partial charge in [-0.25, -0.2) is 4.98 Å². The van der Waals surface area contributed by atoms with Crippen molar-refractivity contribution in [3.05, 3.63) is 29.5 Å². The van der Waals surface area contributed by atoms with Crippen molar-refractivity contribution < 1.29 is 9.95 Å². The van der Waals surface area contributed by atoms with Gasteiger partial charge in [-0.1, -0.05) is 12.1 Å². The van der Waals surface area contributed by atoms with E-state index in [0.717, 1.165) is 0 Å². The van der Waals surface area contributed by atoms with Crippen molar-refractivity contribution >= 4 is 17.0 Å². The van der Waals surface area contributed by atoms with Crippen LogP contribution in [0.4, 0.5) is 5.95 Å². The minimum atomic E-state index is -0.193. The van der Waals surface area contributed by atoms with Gasteiger partial charge < -0.3 is 15.6 Å². The van der Waals surface area contributed by atoms with Crippen LogP contribution in [0, 0.1) is 5.21 Å². The highest BCUT2D eigenvalue weighted by Gasteiger charge is 2.11. The molecule has 6 heteroatoms. The number of aromatic nitrogens is 3. The highest BCUT2D eigenvalue weighted by molar-refractivity contribution is 5.71. The quantitative estimate of drug-likeness (QED) is 0.564. The van der Waals surface area contributed by atoms with E-state index in [2.05, 4.69) is 15.4 Å². The smallest absolute Gasteiger partial charge is 0.290 e. The summed E-state index contributed by atoms with van der Waals surface area (Å²) in [5.41, 5.74) is 0.991. The number of fused-ring (bicyclic) bond motifs is 1. The lowest BCUT2D eigenvalue weighted by atomic mass is 10.3. The third-order valence-corrected chi connectivity index (χ3v) is 2.15. The first kappa shape index (κ1) is 10.6. The zero-order chi connectivity index (χ0) is 11.5. The normalized spacial score (nSPS) is 12.6. The van der Waals surface area contributed by atoms with Gasteiger partial charge in [0.2, 0.25) is 0 Å². The van der Waals surface area contributed by atoms with Crippen LogP contribution in [0.1, 0.15) is 6.92 Å². The van der Waals surface area contributed by atoms with E-state index < -0.39 is 0 Å². The molecule has 1 atom stereocenters. The van der Waals surface area contributed by atoms with Gasteiger partial charge in [0.25, 0.3) is 11.5 Å². The Morgan fingerprint density at radius 3 is 3.00 bits per heavy atom. The number of para-hydroxylation sites is 2. The Kier molecular flexibility index (Phi) is 2.82. The molecule has 2 N–H and O–H groups in total. The second-order valence-electron chi connectivity index (χ2n) is 3.53. The van der Waals surface area contributed by atoms with Crippen LogP contribution in [0.5, 0.6) is 0 Å². The highest BCUT2D eigenvalue weighted by atomic mass is 16.5. The molecule has 1 aromatic carbocycles. The predicted molar refractivity (Wildman–Crippen MR) is 58.7 cm³/mol. The van der Waals surface area contributed by atoms with E-state index >= 15 is 0 Å². The molecule has 84 valence electrons. The van der Waals surface area contributed by atoms with Gasteiger partial charge in [0.1, 0.15) is 5.52 Å². The minimum Gasteiger partial charge on any atom is -0.594 e. The molecule has 0 radical (unpaired) electrons. The lowest BCUT2D eigenvalue weighted by Gasteiger charge is -2.09. The Hall–Kier alpha value is -1.95. The molecule has 2 rings (SSSR count). The molecule has 0 fully saturated rings. The average molecular weight is 220 g/mol. The summed E-state index contributed by atoms with van der Waals surface area (Å²) >= 11 is 0. The fourth-order valence-corrected chi connectivity index (χ4v) is 1.32. The highest BCUT2D eigenvalue weighted by Crippen LogP contribution is 2.07. The van der Waals surface area contributed by atoms with Gasteiger partial charge in [0.15, 0.2) is 0 Å². The third-order valence-electron chi connectivity index (χ3n) is 2.15. The van der Waals surface area contributed by atoms with Crippen LogP contribution in [0.2, 0.25) is 0 Å². The zero-order valence-electron chi connectivity index (χ0n) is 8.79. The molecule has 1 unspecified atom stereocenters. The molecular weight excluding hydrogens is 208 g/mol. The Morgan fingerprint density at radius 2 is 2.25 bits per heavy atom. The van der Waals surface area contributed by atoms with Crippen molar-refractivity contribution in [1.82, 2.24) is 10.1 Å². The minimum absolute atomic E-state index is 0.0466. The molecule has 0 saturated carbocycles. The van der Waals surface area contributed by atoms with Crippen LogP contribution < -0.4 is 10.2 Å². The molecule has 0 spiro atoms. The molecule has 0 aliphatic rings. The molecule has 0 amide bonds. The summed E-state index contributed by atoms with van der Waals surface area (Å²) in [6, 6.07) is 6.75. The zero-order valence-corrected chi connectivity index (χ0v) is 8.79. The van der Waals surface area contributed by atoms with Gasteiger partial charge in [0, 0.05) is 12.1 Å². The summed E-state index contributed by atoms with van der Waals surface area (Å²) < 4.78 is 0. The summed E-state index contributed by atoms with van der Waals surface area (Å²) in [6.07, 6.45) is 0. The second-order valence-corrected chi connectivity index (χ2v) is 3.53. The second kappa shape index (κ2) is 4.28. The number of nitrogens with one attached hydrogen (secondary N) is 1. The van der Waals surface area contributed by atoms with E-state index in [9.17, 15) is 5.21 Å². The molecule has 1 heterocycles. The standard InChI is InChI=1S/C10H12N4O2/c1-7(6-15)11-10-12-8-4-2-3-5-9(8)14(16)13-10/h2-5,7,15H,6H2,1H3,(H,11,12,13). The van der Waals surface area contributed by atoms with Crippen molar-refractivity contribution in [2.45, 2.75) is 13.0 Å². The number of anilines is 1. The third kappa shape index (κ3) is 2.01. The molecule has 2 aromatic rings. The van der Waals surface area contributed by atoms with Gasteiger partial charge in [-0.2, -0.15) is 0 Å². The lowest BCUT2D eigenvalue weighted by Crippen LogP contribution is -2.35. The first-order valence-corrected chi connectivity index (χ1v) is 4.94. The van der Waals surface area contributed by atoms with E-state index in [4.69, 9.17) is 5.11 Å². The maximum absolute atomic E-state index is 11.5. The van der Waals surface area contributed by atoms with Gasteiger partial charge in [-0.15, -0.1) is 0 Å². The Labute approximate surface area is 92.1 Å². The summed E-state index contributed by atoms with van der Waals surface area (Å²) in [5.74, 6) is 0.218. The number of aliphatic hydroxyl groups excluding tert-OH is 1. The summed E-state index contributed by atoms with van der Waals surface area (Å²) in [5, 5.41) is 27.0. The van der Waals surface area contributed by atoms with Gasteiger partial charge in [-0.3, -0.25) is 0 Å². The van der Waals surface area contributed by atoms with Crippen LogP contribution in [-0.2, 0) is 0 Å². The predicted octanol–water partition coefficient (Wildman–Crippen LogP) is 0.0559. The Bertz CT molecular complexity index is 503. The van der Waals surface area contributed by atoms with E-state index in [1.807, 2.05) is 0 Å². The van der Waals surface area contributed by atoms with E-state index in [-0.39, 0.29) is 18.6 Å². The summed E-state index contributed by atoms with van der Waals surface area (Å²) in [6.45, 7) is 1.72. The van der Waals surface area contributed by atoms with E-state index in [1.165, 1.54) is 0 Å². The van der Waals surface area contributed by atoms with Gasteiger partial charge >= 0.3 is 0 Å². The summed E-state index contributed by atoms with van der Waals surface area (Å²) in [4.78, 5) is 4.69. The number of nitrogens with zero attached hydrogens (tertiary/aromatic N) is 3. The van der Waals surface area contributed by atoms with Crippen molar-refractivity contribution in [1.29, 1.82) is 0 Å². The molecule has 6 nitrogen and oxygen atoms in total. The van der Waals surface area contributed by atoms with Crippen LogP contribution >= 0.6 is 0 Å². The van der Waals surface area contributed by atoms with E-state index in [0.29, 0.717) is 15.9 Å². The lowest BCUT2D eigenvalue weighted by molar-refractivity contribution is -0.641. The molecule has 16 heavy (non-hydrogen) atoms. The Balaban J connectivity index is 2.41. The van der Waals surface area contributed by atoms with Crippen LogP contribution in [-0.4, -0.2) is 27.8 Å². The number of hydrogen-bond donors (Lipinski definition) is 2. The van der Waals surface area contributed by atoms with Crippen LogP contribution in [0.15, 0.2) is 24.3 Å². The molecular formula is C10H12N4O2. The van der Waals surface area contributed by atoms with Crippen LogP contribution in [0.25, 0.3) is 11.0 Å². The van der Waals surface area contributed by atoms with Crippen LogP contribution in [0.3, 0.4) is 0 Å². The number of aliphatic hydroxyl groups is 1. The fraction of sp³-hybridized carbons (Fsp3) is 0.300. The van der Waals surface area contributed by atoms with Crippen molar-refractivity contribution in [3.8, 4) is 0 Å². The number of benzene rings is 1. The average Bonchev–Trinajstić information content (AvgIpc) is 2.29. The number of hydrogen-bond acceptors (Lipinski definition) is 5. The fourth-order valence-electron chi connectivity index (χ4n) is 1.32. The first-order chi connectivity index (χ1) is 7.70. The van der Waals surface area contributed by atoms with Gasteiger partial charge in [-0.05, 0) is 17.8 Å². The maximum atomic E-state index is 11.5. The SMILES string of the molecule is CC(CO)Nc1nc2ccccc2[n+]([O-])n1. The van der Waals surface area contributed by atoms with Crippen molar-refractivity contribution in [3.63, 3.8) is 0 Å². The van der Waals surface area contributed by atoms with Crippen molar-refractivity contribution in [2.75, 3.05) is 11.9 Å². The van der Waals surface area contributed by atoms with Gasteiger partial charge in [0.05, 0.1) is 11.7 Å². The van der Waals surface area contributed by atoms with E-state index in [1.54, 1.807) is 31.2 Å². The molecule has 0 aliphatic heterocycles. The largest absolute Gasteiger partial charge is 0.594 e. The Morgan fingerprint density at radius 1 is 1.50 bits per heavy atom. The molecule has 0 aliphatic carbocycles.